The first-order valence-electron chi connectivity index (χ1n) is 6.35. The lowest BCUT2D eigenvalue weighted by Crippen LogP contribution is -2.37. The van der Waals surface area contributed by atoms with Gasteiger partial charge in [-0.05, 0) is 19.1 Å². The Hall–Kier alpha value is -2.02. The molecule has 0 aliphatic heterocycles. The number of rotatable bonds is 8. The molecule has 0 saturated heterocycles. The second kappa shape index (κ2) is 7.68. The molecule has 0 atom stereocenters. The third-order valence-electron chi connectivity index (χ3n) is 2.67. The first-order valence-corrected chi connectivity index (χ1v) is 7.96. The van der Waals surface area contributed by atoms with Crippen LogP contribution in [0.25, 0.3) is 0 Å². The molecule has 6 nitrogen and oxygen atoms in total. The monoisotopic (exact) mass is 313 g/mol. The zero-order valence-corrected chi connectivity index (χ0v) is 12.9. The number of sulfonamides is 1. The van der Waals surface area contributed by atoms with Crippen LogP contribution in [0.5, 0.6) is 5.75 Å². The molecule has 1 rings (SSSR count). The molecular weight excluding hydrogens is 294 g/mol. The Morgan fingerprint density at radius 1 is 1.43 bits per heavy atom. The van der Waals surface area contributed by atoms with Gasteiger partial charge < -0.3 is 9.47 Å². The molecule has 21 heavy (non-hydrogen) atoms. The fraction of sp³-hybridized carbons (Fsp3) is 0.357. The highest BCUT2D eigenvalue weighted by Gasteiger charge is 2.24. The van der Waals surface area contributed by atoms with Crippen LogP contribution in [0.4, 0.5) is 5.69 Å². The van der Waals surface area contributed by atoms with Crippen LogP contribution >= 0.6 is 0 Å². The molecule has 0 N–H and O–H groups in total. The molecule has 0 spiro atoms. The number of hydrogen-bond donors (Lipinski definition) is 0. The highest BCUT2D eigenvalue weighted by Crippen LogP contribution is 2.24. The third-order valence-corrected chi connectivity index (χ3v) is 4.42. The van der Waals surface area contributed by atoms with Gasteiger partial charge in [-0.25, -0.2) is 8.42 Å². The van der Waals surface area contributed by atoms with E-state index >= 15 is 0 Å². The molecule has 0 heterocycles. The van der Waals surface area contributed by atoms with Gasteiger partial charge in [0.15, 0.2) is 0 Å². The number of benzene rings is 1. The van der Waals surface area contributed by atoms with Gasteiger partial charge in [0, 0.05) is 6.07 Å². The quantitative estimate of drug-likeness (QED) is 0.538. The average Bonchev–Trinajstić information content (AvgIpc) is 2.50. The number of carbonyl (C=O) groups excluding carboxylic acids is 1. The Labute approximate surface area is 125 Å². The van der Waals surface area contributed by atoms with Crippen molar-refractivity contribution in [3.05, 3.63) is 36.9 Å². The van der Waals surface area contributed by atoms with Crippen molar-refractivity contribution in [1.82, 2.24) is 0 Å². The maximum atomic E-state index is 12.1. The van der Waals surface area contributed by atoms with Gasteiger partial charge in [0.1, 0.15) is 18.9 Å². The maximum Gasteiger partial charge on any atom is 0.326 e. The zero-order valence-electron chi connectivity index (χ0n) is 12.1. The summed E-state index contributed by atoms with van der Waals surface area (Å²) in [4.78, 5) is 11.4. The summed E-state index contributed by atoms with van der Waals surface area (Å²) in [6.45, 7) is 4.98. The van der Waals surface area contributed by atoms with Gasteiger partial charge in [0.2, 0.25) is 10.0 Å². The van der Waals surface area contributed by atoms with Gasteiger partial charge in [-0.1, -0.05) is 18.7 Å². The lowest BCUT2D eigenvalue weighted by atomic mass is 10.3. The number of esters is 1. The van der Waals surface area contributed by atoms with Gasteiger partial charge in [-0.15, -0.1) is 0 Å². The summed E-state index contributed by atoms with van der Waals surface area (Å²) in [5, 5.41) is 0. The first-order chi connectivity index (χ1) is 9.94. The largest absolute Gasteiger partial charge is 0.489 e. The van der Waals surface area contributed by atoms with E-state index in [1.165, 1.54) is 14.0 Å². The minimum atomic E-state index is -3.60. The minimum Gasteiger partial charge on any atom is -0.489 e. The molecular formula is C14H19NO5S. The second-order valence-corrected chi connectivity index (χ2v) is 6.26. The van der Waals surface area contributed by atoms with E-state index in [9.17, 15) is 13.2 Å². The van der Waals surface area contributed by atoms with Crippen molar-refractivity contribution < 1.29 is 22.7 Å². The van der Waals surface area contributed by atoms with Crippen LogP contribution in [0.3, 0.4) is 0 Å². The summed E-state index contributed by atoms with van der Waals surface area (Å²) in [6.07, 6.45) is 1.58. The Bertz CT molecular complexity index is 597. The predicted molar refractivity (Wildman–Crippen MR) is 81.0 cm³/mol. The van der Waals surface area contributed by atoms with E-state index in [2.05, 4.69) is 11.3 Å². The lowest BCUT2D eigenvalue weighted by molar-refractivity contribution is -0.138. The van der Waals surface area contributed by atoms with E-state index < -0.39 is 16.0 Å². The van der Waals surface area contributed by atoms with Crippen molar-refractivity contribution >= 4 is 21.7 Å². The fourth-order valence-corrected chi connectivity index (χ4v) is 2.62. The van der Waals surface area contributed by atoms with Gasteiger partial charge in [-0.3, -0.25) is 9.10 Å². The van der Waals surface area contributed by atoms with Crippen LogP contribution in [0, 0.1) is 0 Å². The van der Waals surface area contributed by atoms with Crippen molar-refractivity contribution in [3.63, 3.8) is 0 Å². The standard InChI is InChI=1S/C14H19NO5S/c1-4-9-20-13-8-6-7-12(10-13)15(11-14(16)19-3)21(17,18)5-2/h4,6-8,10H,1,5,9,11H2,2-3H3. The van der Waals surface area contributed by atoms with Crippen molar-refractivity contribution in [2.75, 3.05) is 30.3 Å². The minimum absolute atomic E-state index is 0.123. The Kier molecular flexibility index (Phi) is 6.23. The lowest BCUT2D eigenvalue weighted by Gasteiger charge is -2.23. The summed E-state index contributed by atoms with van der Waals surface area (Å²) in [6, 6.07) is 6.50. The number of hydrogen-bond acceptors (Lipinski definition) is 5. The molecule has 116 valence electrons. The molecule has 1 aromatic rings. The molecule has 0 fully saturated rings. The van der Waals surface area contributed by atoms with Crippen molar-refractivity contribution in [3.8, 4) is 5.75 Å². The normalized spacial score (nSPS) is 10.8. The molecule has 0 aliphatic carbocycles. The van der Waals surface area contributed by atoms with E-state index in [-0.39, 0.29) is 12.3 Å². The third kappa shape index (κ3) is 4.78. The number of carbonyl (C=O) groups is 1. The number of nitrogens with zero attached hydrogens (tertiary/aromatic N) is 1. The SMILES string of the molecule is C=CCOc1cccc(N(CC(=O)OC)S(=O)(=O)CC)c1. The van der Waals surface area contributed by atoms with Crippen LogP contribution in [0.2, 0.25) is 0 Å². The molecule has 0 amide bonds. The molecule has 1 aromatic carbocycles. The van der Waals surface area contributed by atoms with Gasteiger partial charge in [-0.2, -0.15) is 0 Å². The maximum absolute atomic E-state index is 12.1. The number of methoxy groups -OCH3 is 1. The van der Waals surface area contributed by atoms with E-state index in [0.717, 1.165) is 4.31 Å². The van der Waals surface area contributed by atoms with Gasteiger partial charge in [0.05, 0.1) is 18.6 Å². The van der Waals surface area contributed by atoms with Crippen LogP contribution < -0.4 is 9.04 Å². The molecule has 0 aliphatic rings. The van der Waals surface area contributed by atoms with Crippen molar-refractivity contribution in [2.24, 2.45) is 0 Å². The summed E-state index contributed by atoms with van der Waals surface area (Å²) >= 11 is 0. The highest BCUT2D eigenvalue weighted by atomic mass is 32.2. The first kappa shape index (κ1) is 17.0. The highest BCUT2D eigenvalue weighted by molar-refractivity contribution is 7.92. The zero-order chi connectivity index (χ0) is 15.9. The summed E-state index contributed by atoms with van der Waals surface area (Å²) < 4.78 is 35.2. The molecule has 0 unspecified atom stereocenters. The second-order valence-electron chi connectivity index (χ2n) is 4.08. The Morgan fingerprint density at radius 2 is 2.14 bits per heavy atom. The summed E-state index contributed by atoms with van der Waals surface area (Å²) in [5.74, 6) is -0.264. The van der Waals surface area contributed by atoms with Crippen LogP contribution in [0.15, 0.2) is 36.9 Å². The van der Waals surface area contributed by atoms with E-state index in [0.29, 0.717) is 18.0 Å². The van der Waals surface area contributed by atoms with Gasteiger partial charge >= 0.3 is 5.97 Å². The number of ether oxygens (including phenoxy) is 2. The molecule has 0 aromatic heterocycles. The van der Waals surface area contributed by atoms with E-state index in [1.807, 2.05) is 0 Å². The fourth-order valence-electron chi connectivity index (χ4n) is 1.57. The summed E-state index contributed by atoms with van der Waals surface area (Å²) in [5.41, 5.74) is 0.351. The van der Waals surface area contributed by atoms with Crippen molar-refractivity contribution in [2.45, 2.75) is 6.92 Å². The average molecular weight is 313 g/mol. The van der Waals surface area contributed by atoms with Gasteiger partial charge in [0.25, 0.3) is 0 Å². The van der Waals surface area contributed by atoms with Crippen LogP contribution in [-0.4, -0.2) is 40.4 Å². The molecule has 0 radical (unpaired) electrons. The molecule has 0 bridgehead atoms. The van der Waals surface area contributed by atoms with E-state index in [4.69, 9.17) is 4.74 Å². The van der Waals surface area contributed by atoms with Crippen LogP contribution in [-0.2, 0) is 19.6 Å². The molecule has 0 saturated carbocycles. The predicted octanol–water partition coefficient (Wildman–Crippen LogP) is 1.58. The topological polar surface area (TPSA) is 72.9 Å². The van der Waals surface area contributed by atoms with E-state index in [1.54, 1.807) is 30.3 Å². The van der Waals surface area contributed by atoms with Crippen LogP contribution in [0.1, 0.15) is 6.92 Å². The smallest absolute Gasteiger partial charge is 0.326 e. The molecule has 7 heteroatoms. The number of anilines is 1. The summed E-state index contributed by atoms with van der Waals surface area (Å²) in [7, 11) is -2.39. The van der Waals surface area contributed by atoms with Crippen molar-refractivity contribution in [1.29, 1.82) is 0 Å². The Balaban J connectivity index is 3.13. The Morgan fingerprint density at radius 3 is 2.71 bits per heavy atom.